The Bertz CT molecular complexity index is 594. The maximum absolute atomic E-state index is 6.01. The highest BCUT2D eigenvalue weighted by Crippen LogP contribution is 2.14. The highest BCUT2D eigenvalue weighted by Gasteiger charge is 2.24. The van der Waals surface area contributed by atoms with Crippen LogP contribution >= 0.6 is 0 Å². The number of nitrogens with zero attached hydrogens (tertiary/aromatic N) is 4. The SMILES string of the molecule is BC(C)(CN)CNCCN(CCN(CCN)CCN)CCN(CCNCCN)CCNCCN(CCN)C(C)(C)CN. The zero-order valence-electron chi connectivity index (χ0n) is 28.0. The van der Waals surface area contributed by atoms with Gasteiger partial charge in [0.1, 0.15) is 7.85 Å². The van der Waals surface area contributed by atoms with Gasteiger partial charge in [-0.3, -0.25) is 19.6 Å². The van der Waals surface area contributed by atoms with Gasteiger partial charge in [0.25, 0.3) is 0 Å². The number of nitrogens with two attached hydrogens (primary N) is 6. The van der Waals surface area contributed by atoms with Crippen molar-refractivity contribution in [2.45, 2.75) is 31.6 Å². The van der Waals surface area contributed by atoms with Crippen LogP contribution in [0.3, 0.4) is 0 Å². The van der Waals surface area contributed by atoms with Gasteiger partial charge in [-0.15, -0.1) is 0 Å². The molecule has 0 aliphatic heterocycles. The third-order valence-corrected chi connectivity index (χ3v) is 7.96. The molecule has 0 amide bonds. The Morgan fingerprint density at radius 2 is 0.905 bits per heavy atom. The summed E-state index contributed by atoms with van der Waals surface area (Å²) in [5.41, 5.74) is 35.2. The van der Waals surface area contributed by atoms with Crippen molar-refractivity contribution < 1.29 is 0 Å². The van der Waals surface area contributed by atoms with Gasteiger partial charge < -0.3 is 50.4 Å². The molecule has 0 aliphatic rings. The van der Waals surface area contributed by atoms with Crippen molar-refractivity contribution in [1.82, 2.24) is 35.6 Å². The molecule has 13 nitrogen and oxygen atoms in total. The molecule has 0 spiro atoms. The van der Waals surface area contributed by atoms with Crippen molar-refractivity contribution in [1.29, 1.82) is 0 Å². The summed E-state index contributed by atoms with van der Waals surface area (Å²) >= 11 is 0. The van der Waals surface area contributed by atoms with Gasteiger partial charge in [-0.25, -0.2) is 0 Å². The maximum Gasteiger partial charge on any atom is 0.112 e. The lowest BCUT2D eigenvalue weighted by Crippen LogP contribution is -2.53. The summed E-state index contributed by atoms with van der Waals surface area (Å²) in [4.78, 5) is 9.87. The van der Waals surface area contributed by atoms with Crippen LogP contribution in [-0.4, -0.2) is 184 Å². The Kier molecular flexibility index (Phi) is 25.5. The van der Waals surface area contributed by atoms with Crippen LogP contribution in [0.4, 0.5) is 0 Å². The fourth-order valence-electron chi connectivity index (χ4n) is 4.72. The Morgan fingerprint density at radius 3 is 1.36 bits per heavy atom. The largest absolute Gasteiger partial charge is 0.331 e. The van der Waals surface area contributed by atoms with Crippen LogP contribution in [-0.2, 0) is 0 Å². The summed E-state index contributed by atoms with van der Waals surface area (Å²) in [6.45, 7) is 26.4. The molecular formula is C28H72BN13. The van der Waals surface area contributed by atoms with Gasteiger partial charge in [0.15, 0.2) is 0 Å². The molecule has 0 aliphatic carbocycles. The van der Waals surface area contributed by atoms with Crippen molar-refractivity contribution in [3.63, 3.8) is 0 Å². The quantitative estimate of drug-likeness (QED) is 0.0271. The minimum absolute atomic E-state index is 0.0516. The zero-order valence-corrected chi connectivity index (χ0v) is 28.0. The summed E-state index contributed by atoms with van der Waals surface area (Å²) < 4.78 is 0. The molecule has 0 rings (SSSR count). The third-order valence-electron chi connectivity index (χ3n) is 7.96. The number of hydrogen-bond acceptors (Lipinski definition) is 13. The average molecular weight is 602 g/mol. The van der Waals surface area contributed by atoms with Gasteiger partial charge in [0, 0.05) is 143 Å². The normalized spacial score (nSPS) is 14.1. The van der Waals surface area contributed by atoms with E-state index in [1.807, 2.05) is 0 Å². The Hall–Kier alpha value is -0.455. The summed E-state index contributed by atoms with van der Waals surface area (Å²) in [5.74, 6) is 0. The lowest BCUT2D eigenvalue weighted by molar-refractivity contribution is 0.131. The molecule has 0 aromatic carbocycles. The topological polar surface area (TPSA) is 205 Å². The number of rotatable bonds is 31. The molecule has 0 radical (unpaired) electrons. The second-order valence-corrected chi connectivity index (χ2v) is 12.7. The second-order valence-electron chi connectivity index (χ2n) is 12.7. The summed E-state index contributed by atoms with van der Waals surface area (Å²) in [5, 5.41) is 10.8. The van der Waals surface area contributed by atoms with E-state index in [0.717, 1.165) is 111 Å². The molecule has 15 N–H and O–H groups in total. The van der Waals surface area contributed by atoms with E-state index in [1.54, 1.807) is 0 Å². The Balaban J connectivity index is 5.05. The van der Waals surface area contributed by atoms with Crippen LogP contribution in [0.1, 0.15) is 20.8 Å². The number of nitrogens with one attached hydrogen (secondary N) is 3. The van der Waals surface area contributed by atoms with Crippen molar-refractivity contribution in [2.75, 3.05) is 151 Å². The lowest BCUT2D eigenvalue weighted by Gasteiger charge is -2.37. The molecule has 0 aromatic rings. The van der Waals surface area contributed by atoms with Crippen LogP contribution in [0.5, 0.6) is 0 Å². The molecule has 0 saturated heterocycles. The highest BCUT2D eigenvalue weighted by molar-refractivity contribution is 6.15. The first kappa shape index (κ1) is 41.5. The minimum Gasteiger partial charge on any atom is -0.331 e. The predicted molar refractivity (Wildman–Crippen MR) is 185 cm³/mol. The number of hydrogen-bond donors (Lipinski definition) is 9. The molecule has 1 atom stereocenters. The molecule has 14 heteroatoms. The van der Waals surface area contributed by atoms with Gasteiger partial charge >= 0.3 is 0 Å². The Morgan fingerprint density at radius 1 is 0.476 bits per heavy atom. The molecule has 0 saturated carbocycles. The molecule has 42 heavy (non-hydrogen) atoms. The van der Waals surface area contributed by atoms with Crippen LogP contribution in [0.2, 0.25) is 5.31 Å². The molecule has 0 aromatic heterocycles. The Labute approximate surface area is 259 Å². The van der Waals surface area contributed by atoms with E-state index in [2.05, 4.69) is 64.2 Å². The van der Waals surface area contributed by atoms with Crippen molar-refractivity contribution >= 4 is 7.85 Å². The molecule has 0 bridgehead atoms. The minimum atomic E-state index is -0.0516. The fraction of sp³-hybridized carbons (Fsp3) is 1.00. The van der Waals surface area contributed by atoms with Crippen molar-refractivity contribution in [3.8, 4) is 0 Å². The van der Waals surface area contributed by atoms with Gasteiger partial charge in [0.05, 0.1) is 0 Å². The van der Waals surface area contributed by atoms with Crippen molar-refractivity contribution in [3.05, 3.63) is 0 Å². The molecular weight excluding hydrogens is 529 g/mol. The van der Waals surface area contributed by atoms with Crippen LogP contribution in [0.25, 0.3) is 0 Å². The van der Waals surface area contributed by atoms with Crippen LogP contribution in [0.15, 0.2) is 0 Å². The van der Waals surface area contributed by atoms with Crippen LogP contribution < -0.4 is 50.4 Å². The van der Waals surface area contributed by atoms with E-state index in [4.69, 9.17) is 34.4 Å². The molecule has 252 valence electrons. The van der Waals surface area contributed by atoms with Gasteiger partial charge in [-0.05, 0) is 32.3 Å². The van der Waals surface area contributed by atoms with E-state index >= 15 is 0 Å². The van der Waals surface area contributed by atoms with E-state index in [-0.39, 0.29) is 10.9 Å². The summed E-state index contributed by atoms with van der Waals surface area (Å²) in [6, 6.07) is 0. The first-order chi connectivity index (χ1) is 20.1. The smallest absolute Gasteiger partial charge is 0.112 e. The van der Waals surface area contributed by atoms with Gasteiger partial charge in [0.2, 0.25) is 0 Å². The fourth-order valence-corrected chi connectivity index (χ4v) is 4.72. The standard InChI is InChI=1S/C28H72BN13/c1-27(2,24-34)42(15-7-33)19-12-37-10-17-40(16-9-36-8-4-30)21-23-41(18-11-38-26-28(3,29)25-35)22-20-39(13-5-31)14-6-32/h36-38H,4-26,29-35H2,1-3H3. The molecule has 1 unspecified atom stereocenters. The lowest BCUT2D eigenvalue weighted by atomic mass is 9.70. The monoisotopic (exact) mass is 602 g/mol. The highest BCUT2D eigenvalue weighted by atomic mass is 15.2. The average Bonchev–Trinajstić information content (AvgIpc) is 2.97. The predicted octanol–water partition coefficient (Wildman–Crippen LogP) is -4.69. The van der Waals surface area contributed by atoms with Crippen LogP contribution in [0, 0.1) is 0 Å². The van der Waals surface area contributed by atoms with E-state index in [9.17, 15) is 0 Å². The first-order valence-corrected chi connectivity index (χ1v) is 16.3. The molecule has 0 fully saturated rings. The van der Waals surface area contributed by atoms with E-state index < -0.39 is 0 Å². The van der Waals surface area contributed by atoms with Gasteiger partial charge in [-0.2, -0.15) is 0 Å². The van der Waals surface area contributed by atoms with E-state index in [1.165, 1.54) is 0 Å². The maximum atomic E-state index is 6.01. The zero-order chi connectivity index (χ0) is 31.7. The summed E-state index contributed by atoms with van der Waals surface area (Å²) in [6.07, 6.45) is 0. The van der Waals surface area contributed by atoms with Gasteiger partial charge in [-0.1, -0.05) is 6.92 Å². The van der Waals surface area contributed by atoms with Crippen molar-refractivity contribution in [2.24, 2.45) is 34.4 Å². The first-order valence-electron chi connectivity index (χ1n) is 16.3. The summed E-state index contributed by atoms with van der Waals surface area (Å²) in [7, 11) is 2.20. The molecule has 0 heterocycles. The second kappa shape index (κ2) is 25.8. The third kappa shape index (κ3) is 21.3. The van der Waals surface area contributed by atoms with E-state index in [0.29, 0.717) is 39.3 Å².